The van der Waals surface area contributed by atoms with Gasteiger partial charge < -0.3 is 10.2 Å². The van der Waals surface area contributed by atoms with E-state index in [4.69, 9.17) is 11.6 Å². The summed E-state index contributed by atoms with van der Waals surface area (Å²) in [6, 6.07) is 15.1. The number of aryl methyl sites for hydroxylation is 1. The van der Waals surface area contributed by atoms with Crippen LogP contribution in [0.3, 0.4) is 0 Å². The standard InChI is InChI=1S/C21H23ClN2O2/c1-15-6-2-4-8-18(15)21(26)24-12-10-16(11-13-24)20(25)23-14-17-7-3-5-9-19(17)22/h2-9,16H,10-14H2,1H3,(H,23,25). The van der Waals surface area contributed by atoms with Gasteiger partial charge in [-0.2, -0.15) is 0 Å². The zero-order valence-electron chi connectivity index (χ0n) is 14.9. The van der Waals surface area contributed by atoms with Gasteiger partial charge in [0.25, 0.3) is 5.91 Å². The zero-order valence-corrected chi connectivity index (χ0v) is 15.6. The van der Waals surface area contributed by atoms with Crippen molar-refractivity contribution in [1.29, 1.82) is 0 Å². The average Bonchev–Trinajstić information content (AvgIpc) is 2.67. The fourth-order valence-electron chi connectivity index (χ4n) is 3.30. The molecule has 1 aliphatic rings. The van der Waals surface area contributed by atoms with E-state index in [1.807, 2.05) is 60.4 Å². The van der Waals surface area contributed by atoms with Crippen molar-refractivity contribution in [1.82, 2.24) is 10.2 Å². The van der Waals surface area contributed by atoms with Gasteiger partial charge in [0, 0.05) is 36.1 Å². The van der Waals surface area contributed by atoms with Gasteiger partial charge in [0.15, 0.2) is 0 Å². The molecule has 0 spiro atoms. The summed E-state index contributed by atoms with van der Waals surface area (Å²) in [7, 11) is 0. The predicted octanol–water partition coefficient (Wildman–Crippen LogP) is 3.82. The molecule has 2 aromatic carbocycles. The molecule has 0 aromatic heterocycles. The summed E-state index contributed by atoms with van der Waals surface area (Å²) in [4.78, 5) is 26.9. The van der Waals surface area contributed by atoms with Gasteiger partial charge in [0.05, 0.1) is 0 Å². The Kier molecular flexibility index (Phi) is 5.94. The van der Waals surface area contributed by atoms with Crippen LogP contribution >= 0.6 is 11.6 Å². The van der Waals surface area contributed by atoms with Gasteiger partial charge in [0.1, 0.15) is 0 Å². The van der Waals surface area contributed by atoms with E-state index in [2.05, 4.69) is 5.32 Å². The number of likely N-dealkylation sites (tertiary alicyclic amines) is 1. The number of benzene rings is 2. The van der Waals surface area contributed by atoms with Crippen LogP contribution in [0.5, 0.6) is 0 Å². The minimum atomic E-state index is -0.0570. The van der Waals surface area contributed by atoms with Crippen molar-refractivity contribution < 1.29 is 9.59 Å². The Labute approximate surface area is 159 Å². The van der Waals surface area contributed by atoms with Gasteiger partial charge in [-0.25, -0.2) is 0 Å². The Morgan fingerprint density at radius 3 is 2.42 bits per heavy atom. The zero-order chi connectivity index (χ0) is 18.5. The summed E-state index contributed by atoms with van der Waals surface area (Å²) in [5.41, 5.74) is 2.64. The van der Waals surface area contributed by atoms with Crippen molar-refractivity contribution in [2.75, 3.05) is 13.1 Å². The smallest absolute Gasteiger partial charge is 0.254 e. The van der Waals surface area contributed by atoms with E-state index in [0.717, 1.165) is 16.7 Å². The molecule has 0 bridgehead atoms. The molecule has 4 nitrogen and oxygen atoms in total. The quantitative estimate of drug-likeness (QED) is 0.889. The normalized spacial score (nSPS) is 14.9. The maximum atomic E-state index is 12.7. The summed E-state index contributed by atoms with van der Waals surface area (Å²) < 4.78 is 0. The monoisotopic (exact) mass is 370 g/mol. The van der Waals surface area contributed by atoms with Crippen molar-refractivity contribution >= 4 is 23.4 Å². The minimum absolute atomic E-state index is 0.0351. The fraction of sp³-hybridized carbons (Fsp3) is 0.333. The van der Waals surface area contributed by atoms with Gasteiger partial charge in [-0.3, -0.25) is 9.59 Å². The lowest BCUT2D eigenvalue weighted by Gasteiger charge is -2.31. The first-order valence-corrected chi connectivity index (χ1v) is 9.30. The third kappa shape index (κ3) is 4.25. The molecule has 1 fully saturated rings. The molecule has 2 amide bonds. The third-order valence-corrected chi connectivity index (χ3v) is 5.31. The van der Waals surface area contributed by atoms with E-state index in [-0.39, 0.29) is 17.7 Å². The van der Waals surface area contributed by atoms with Crippen LogP contribution in [0.1, 0.15) is 34.3 Å². The number of carbonyl (C=O) groups excluding carboxylic acids is 2. The van der Waals surface area contributed by atoms with Crippen LogP contribution in [0.15, 0.2) is 48.5 Å². The summed E-state index contributed by atoms with van der Waals surface area (Å²) in [6.45, 7) is 3.59. The first kappa shape index (κ1) is 18.5. The molecule has 1 N–H and O–H groups in total. The number of amides is 2. The van der Waals surface area contributed by atoms with Crippen molar-refractivity contribution in [3.8, 4) is 0 Å². The lowest BCUT2D eigenvalue weighted by atomic mass is 9.95. The van der Waals surface area contributed by atoms with Crippen LogP contribution in [0.4, 0.5) is 0 Å². The van der Waals surface area contributed by atoms with E-state index in [9.17, 15) is 9.59 Å². The number of piperidine rings is 1. The van der Waals surface area contributed by atoms with Crippen LogP contribution in [-0.2, 0) is 11.3 Å². The second-order valence-corrected chi connectivity index (χ2v) is 7.10. The van der Waals surface area contributed by atoms with E-state index < -0.39 is 0 Å². The lowest BCUT2D eigenvalue weighted by Crippen LogP contribution is -2.43. The molecule has 1 saturated heterocycles. The summed E-state index contributed by atoms with van der Waals surface area (Å²) >= 11 is 6.12. The molecular weight excluding hydrogens is 348 g/mol. The molecule has 136 valence electrons. The van der Waals surface area contributed by atoms with E-state index >= 15 is 0 Å². The molecule has 1 aliphatic heterocycles. The van der Waals surface area contributed by atoms with Gasteiger partial charge in [-0.15, -0.1) is 0 Å². The van der Waals surface area contributed by atoms with Gasteiger partial charge in [-0.1, -0.05) is 48.0 Å². The summed E-state index contributed by atoms with van der Waals surface area (Å²) in [5, 5.41) is 3.63. The molecule has 0 radical (unpaired) electrons. The van der Waals surface area contributed by atoms with Crippen molar-refractivity contribution in [2.45, 2.75) is 26.3 Å². The van der Waals surface area contributed by atoms with E-state index in [0.29, 0.717) is 37.5 Å². The maximum absolute atomic E-state index is 12.7. The Balaban J connectivity index is 1.52. The highest BCUT2D eigenvalue weighted by Crippen LogP contribution is 2.21. The molecule has 1 heterocycles. The minimum Gasteiger partial charge on any atom is -0.352 e. The van der Waals surface area contributed by atoms with Crippen molar-refractivity contribution in [3.05, 3.63) is 70.2 Å². The van der Waals surface area contributed by atoms with Crippen LogP contribution in [-0.4, -0.2) is 29.8 Å². The average molecular weight is 371 g/mol. The molecule has 0 aliphatic carbocycles. The first-order chi connectivity index (χ1) is 12.6. The van der Waals surface area contributed by atoms with E-state index in [1.165, 1.54) is 0 Å². The maximum Gasteiger partial charge on any atom is 0.254 e. The van der Waals surface area contributed by atoms with Gasteiger partial charge >= 0.3 is 0 Å². The molecular formula is C21H23ClN2O2. The first-order valence-electron chi connectivity index (χ1n) is 8.92. The van der Waals surface area contributed by atoms with Crippen molar-refractivity contribution in [3.63, 3.8) is 0 Å². The molecule has 0 unspecified atom stereocenters. The number of carbonyl (C=O) groups is 2. The molecule has 2 aromatic rings. The highest BCUT2D eigenvalue weighted by Gasteiger charge is 2.28. The fourth-order valence-corrected chi connectivity index (χ4v) is 3.50. The molecule has 5 heteroatoms. The molecule has 0 saturated carbocycles. The number of rotatable bonds is 4. The molecule has 3 rings (SSSR count). The Morgan fingerprint density at radius 1 is 1.08 bits per heavy atom. The van der Waals surface area contributed by atoms with Gasteiger partial charge in [0.2, 0.25) is 5.91 Å². The summed E-state index contributed by atoms with van der Waals surface area (Å²) in [6.07, 6.45) is 1.37. The number of hydrogen-bond donors (Lipinski definition) is 1. The Hall–Kier alpha value is -2.33. The Bertz CT molecular complexity index is 798. The summed E-state index contributed by atoms with van der Waals surface area (Å²) in [5.74, 6) is 0.0318. The Morgan fingerprint density at radius 2 is 1.73 bits per heavy atom. The van der Waals surface area contributed by atoms with Crippen molar-refractivity contribution in [2.24, 2.45) is 5.92 Å². The highest BCUT2D eigenvalue weighted by atomic mass is 35.5. The predicted molar refractivity (Wildman–Crippen MR) is 103 cm³/mol. The highest BCUT2D eigenvalue weighted by molar-refractivity contribution is 6.31. The van der Waals surface area contributed by atoms with Crippen LogP contribution in [0.2, 0.25) is 5.02 Å². The lowest BCUT2D eigenvalue weighted by molar-refractivity contribution is -0.126. The second kappa shape index (κ2) is 8.37. The molecule has 26 heavy (non-hydrogen) atoms. The number of hydrogen-bond acceptors (Lipinski definition) is 2. The van der Waals surface area contributed by atoms with E-state index in [1.54, 1.807) is 0 Å². The SMILES string of the molecule is Cc1ccccc1C(=O)N1CCC(C(=O)NCc2ccccc2Cl)CC1. The molecule has 0 atom stereocenters. The second-order valence-electron chi connectivity index (χ2n) is 6.69. The topological polar surface area (TPSA) is 49.4 Å². The number of nitrogens with zero attached hydrogens (tertiary/aromatic N) is 1. The number of halogens is 1. The van der Waals surface area contributed by atoms with Crippen LogP contribution in [0.25, 0.3) is 0 Å². The van der Waals surface area contributed by atoms with Crippen LogP contribution < -0.4 is 5.32 Å². The van der Waals surface area contributed by atoms with Gasteiger partial charge in [-0.05, 0) is 43.0 Å². The van der Waals surface area contributed by atoms with Crippen LogP contribution in [0, 0.1) is 12.8 Å². The largest absolute Gasteiger partial charge is 0.352 e. The third-order valence-electron chi connectivity index (χ3n) is 4.94. The number of nitrogens with one attached hydrogen (secondary N) is 1.